The molecule has 0 aromatic carbocycles. The third kappa shape index (κ3) is 7.85. The van der Waals surface area contributed by atoms with E-state index in [1.807, 2.05) is 0 Å². The maximum Gasteiger partial charge on any atom is 0.377 e. The predicted octanol–water partition coefficient (Wildman–Crippen LogP) is 3.44. The summed E-state index contributed by atoms with van der Waals surface area (Å²) in [5.41, 5.74) is 11.1. The highest BCUT2D eigenvalue weighted by atomic mass is 79.9. The normalized spacial score (nSPS) is 9.36. The number of halogens is 3. The number of hydrogen-bond donors (Lipinski definition) is 4. The number of aromatic hydroxyl groups is 1. The molecule has 3 rings (SSSR count). The molecule has 0 aliphatic heterocycles. The third-order valence-corrected chi connectivity index (χ3v) is 5.01. The van der Waals surface area contributed by atoms with Gasteiger partial charge in [0.2, 0.25) is 11.5 Å². The fourth-order valence-electron chi connectivity index (χ4n) is 1.68. The first kappa shape index (κ1) is 30.0. The van der Waals surface area contributed by atoms with Gasteiger partial charge in [-0.05, 0) is 47.8 Å². The molecule has 0 saturated carbocycles. The number of nitrogen functional groups attached to an aromatic ring is 2. The average Bonchev–Trinajstić information content (AvgIpc) is 3.40. The third-order valence-electron chi connectivity index (χ3n) is 3.22. The van der Waals surface area contributed by atoms with Gasteiger partial charge in [-0.1, -0.05) is 0 Å². The number of esters is 2. The summed E-state index contributed by atoms with van der Waals surface area (Å²) in [4.78, 5) is 31.8. The Morgan fingerprint density at radius 2 is 1.15 bits per heavy atom. The Labute approximate surface area is 210 Å². The number of carboxylic acids is 1. The van der Waals surface area contributed by atoms with Crippen LogP contribution in [0.15, 0.2) is 45.5 Å². The van der Waals surface area contributed by atoms with Gasteiger partial charge in [0, 0.05) is 0 Å². The highest BCUT2D eigenvalue weighted by molar-refractivity contribution is 9.11. The van der Waals surface area contributed by atoms with Crippen molar-refractivity contribution in [3.8, 4) is 5.75 Å². The van der Waals surface area contributed by atoms with Crippen molar-refractivity contribution < 1.29 is 52.8 Å². The molecule has 0 saturated heterocycles. The molecule has 0 unspecified atom stereocenters. The summed E-state index contributed by atoms with van der Waals surface area (Å²) in [6, 6.07) is 0. The lowest BCUT2D eigenvalue weighted by atomic mass is 10.4. The van der Waals surface area contributed by atoms with E-state index in [1.54, 1.807) is 0 Å². The van der Waals surface area contributed by atoms with Gasteiger partial charge in [0.1, 0.15) is 30.2 Å². The SMILES string of the molecule is COC(=O)c1occ(Br)c1N.COC(=O)c1occ(Br)c1O.Nc1c(Br)coc1C(=O)O.O. The van der Waals surface area contributed by atoms with Gasteiger partial charge in [0.25, 0.3) is 5.76 Å². The van der Waals surface area contributed by atoms with Crippen LogP contribution < -0.4 is 11.5 Å². The second kappa shape index (κ2) is 13.6. The van der Waals surface area contributed by atoms with E-state index in [1.165, 1.54) is 33.0 Å². The molecule has 3 aromatic rings. The molecule has 33 heavy (non-hydrogen) atoms. The monoisotopic (exact) mass is 662 g/mol. The van der Waals surface area contributed by atoms with E-state index < -0.39 is 17.9 Å². The minimum absolute atomic E-state index is 0. The molecule has 0 spiro atoms. The summed E-state index contributed by atoms with van der Waals surface area (Å²) in [6.07, 6.45) is 3.78. The fraction of sp³-hybridized carbons (Fsp3) is 0.118. The van der Waals surface area contributed by atoms with Crippen molar-refractivity contribution in [2.24, 2.45) is 0 Å². The maximum atomic E-state index is 10.8. The van der Waals surface area contributed by atoms with Gasteiger partial charge >= 0.3 is 17.9 Å². The van der Waals surface area contributed by atoms with Crippen LogP contribution in [0.2, 0.25) is 0 Å². The standard InChI is InChI=1S/C6H6BrNO3.C6H5BrO4.C5H4BrNO3.H2O/c2*1-10-6(9)5-4(8)3(7)2-11-5;6-2-1-10-4(3(2)7)5(8)9;/h2H,8H2,1H3;2,8H,1H3;1H,7H2,(H,8,9);1H2. The van der Waals surface area contributed by atoms with Crippen molar-refractivity contribution in [2.75, 3.05) is 25.7 Å². The van der Waals surface area contributed by atoms with Gasteiger partial charge < -0.3 is 49.9 Å². The van der Waals surface area contributed by atoms with Crippen LogP contribution in [-0.2, 0) is 9.47 Å². The fourth-order valence-corrected chi connectivity index (χ4v) is 2.50. The van der Waals surface area contributed by atoms with Crippen molar-refractivity contribution >= 4 is 77.1 Å². The summed E-state index contributed by atoms with van der Waals surface area (Å²) >= 11 is 9.05. The van der Waals surface area contributed by atoms with Gasteiger partial charge in [-0.25, -0.2) is 14.4 Å². The summed E-state index contributed by atoms with van der Waals surface area (Å²) in [6.45, 7) is 0. The molecule has 16 heteroatoms. The van der Waals surface area contributed by atoms with E-state index in [-0.39, 0.29) is 39.9 Å². The molecule has 182 valence electrons. The zero-order chi connectivity index (χ0) is 24.6. The first-order valence-electron chi connectivity index (χ1n) is 7.86. The number of anilines is 2. The highest BCUT2D eigenvalue weighted by Crippen LogP contribution is 2.30. The molecule has 0 aliphatic rings. The van der Waals surface area contributed by atoms with Crippen LogP contribution in [0, 0.1) is 0 Å². The zero-order valence-electron chi connectivity index (χ0n) is 16.7. The minimum Gasteiger partial charge on any atom is -0.503 e. The zero-order valence-corrected chi connectivity index (χ0v) is 21.4. The molecule has 8 N–H and O–H groups in total. The van der Waals surface area contributed by atoms with Crippen molar-refractivity contribution in [3.63, 3.8) is 0 Å². The summed E-state index contributed by atoms with van der Waals surface area (Å²) in [5.74, 6) is -3.08. The Hall–Kier alpha value is -2.95. The Morgan fingerprint density at radius 3 is 1.42 bits per heavy atom. The Morgan fingerprint density at radius 1 is 0.788 bits per heavy atom. The molecule has 0 fully saturated rings. The topological polar surface area (TPSA) is 233 Å². The van der Waals surface area contributed by atoms with Crippen LogP contribution in [0.25, 0.3) is 0 Å². The van der Waals surface area contributed by atoms with E-state index >= 15 is 0 Å². The van der Waals surface area contributed by atoms with Crippen LogP contribution in [0.4, 0.5) is 11.4 Å². The second-order valence-electron chi connectivity index (χ2n) is 5.20. The van der Waals surface area contributed by atoms with E-state index in [9.17, 15) is 14.4 Å². The number of carbonyl (C=O) groups is 3. The molecular weight excluding hydrogens is 648 g/mol. The van der Waals surface area contributed by atoms with Crippen LogP contribution in [0.3, 0.4) is 0 Å². The number of rotatable bonds is 3. The Kier molecular flexibility index (Phi) is 12.4. The van der Waals surface area contributed by atoms with Gasteiger partial charge in [-0.15, -0.1) is 0 Å². The number of nitrogens with two attached hydrogens (primary N) is 2. The number of hydrogen-bond acceptors (Lipinski definition) is 11. The number of furan rings is 3. The summed E-state index contributed by atoms with van der Waals surface area (Å²) < 4.78 is 24.1. The molecule has 0 aliphatic carbocycles. The van der Waals surface area contributed by atoms with Crippen LogP contribution in [0.5, 0.6) is 5.75 Å². The number of aromatic carboxylic acids is 1. The van der Waals surface area contributed by atoms with Crippen LogP contribution >= 0.6 is 47.8 Å². The molecule has 0 atom stereocenters. The van der Waals surface area contributed by atoms with Crippen molar-refractivity contribution in [3.05, 3.63) is 49.5 Å². The van der Waals surface area contributed by atoms with Crippen molar-refractivity contribution in [1.29, 1.82) is 0 Å². The van der Waals surface area contributed by atoms with E-state index in [4.69, 9.17) is 26.1 Å². The largest absolute Gasteiger partial charge is 0.503 e. The molecule has 0 bridgehead atoms. The first-order valence-corrected chi connectivity index (χ1v) is 10.2. The molecule has 0 radical (unpaired) electrons. The molecule has 3 heterocycles. The maximum absolute atomic E-state index is 10.8. The first-order chi connectivity index (χ1) is 15.0. The van der Waals surface area contributed by atoms with E-state index in [0.29, 0.717) is 13.4 Å². The lowest BCUT2D eigenvalue weighted by molar-refractivity contribution is 0.0554. The van der Waals surface area contributed by atoms with Gasteiger partial charge in [0.15, 0.2) is 5.75 Å². The highest BCUT2D eigenvalue weighted by Gasteiger charge is 2.18. The number of carbonyl (C=O) groups excluding carboxylic acids is 2. The van der Waals surface area contributed by atoms with Crippen LogP contribution in [-0.4, -0.2) is 47.8 Å². The smallest absolute Gasteiger partial charge is 0.377 e. The van der Waals surface area contributed by atoms with Crippen molar-refractivity contribution in [2.45, 2.75) is 0 Å². The quantitative estimate of drug-likeness (QED) is 0.295. The second-order valence-corrected chi connectivity index (χ2v) is 7.77. The summed E-state index contributed by atoms with van der Waals surface area (Å²) in [7, 11) is 2.47. The molecule has 13 nitrogen and oxygen atoms in total. The van der Waals surface area contributed by atoms with E-state index in [0.717, 1.165) is 0 Å². The number of carboxylic acid groups (broad SMARTS) is 1. The molecule has 0 amide bonds. The van der Waals surface area contributed by atoms with Crippen LogP contribution in [0.1, 0.15) is 31.7 Å². The van der Waals surface area contributed by atoms with Gasteiger partial charge in [0.05, 0.1) is 27.6 Å². The molecular formula is C17H17Br3N2O11. The lowest BCUT2D eigenvalue weighted by Crippen LogP contribution is -2.02. The minimum atomic E-state index is -1.16. The number of ether oxygens (including phenoxy) is 2. The Balaban J connectivity index is 0.000000459. The number of methoxy groups -OCH3 is 2. The van der Waals surface area contributed by atoms with Crippen molar-refractivity contribution in [1.82, 2.24) is 0 Å². The average molecular weight is 665 g/mol. The van der Waals surface area contributed by atoms with Gasteiger partial charge in [-0.3, -0.25) is 0 Å². The molecule has 3 aromatic heterocycles. The predicted molar refractivity (Wildman–Crippen MR) is 123 cm³/mol. The van der Waals surface area contributed by atoms with E-state index in [2.05, 4.69) is 66.1 Å². The van der Waals surface area contributed by atoms with Gasteiger partial charge in [-0.2, -0.15) is 0 Å². The lowest BCUT2D eigenvalue weighted by Gasteiger charge is -1.93. The Bertz CT molecular complexity index is 1050. The summed E-state index contributed by atoms with van der Waals surface area (Å²) in [5, 5.41) is 17.5.